The third kappa shape index (κ3) is 4.00. The fourth-order valence-corrected chi connectivity index (χ4v) is 1.32. The molecular weight excluding hydrogens is 196 g/mol. The zero-order chi connectivity index (χ0) is 12.0. The van der Waals surface area contributed by atoms with Gasteiger partial charge in [-0.15, -0.1) is 0 Å². The van der Waals surface area contributed by atoms with Gasteiger partial charge in [-0.3, -0.25) is 9.59 Å². The van der Waals surface area contributed by atoms with Gasteiger partial charge in [0.25, 0.3) is 0 Å². The van der Waals surface area contributed by atoms with Crippen LogP contribution in [0.15, 0.2) is 0 Å². The molecule has 0 amide bonds. The Hall–Kier alpha value is -0.900. The minimum atomic E-state index is -0.722. The zero-order valence-corrected chi connectivity index (χ0v) is 10.1. The molecular formula is C11H20O4. The average Bonchev–Trinajstić information content (AvgIpc) is 2.16. The van der Waals surface area contributed by atoms with E-state index >= 15 is 0 Å². The fourth-order valence-electron chi connectivity index (χ4n) is 1.32. The number of ketones is 1. The summed E-state index contributed by atoms with van der Waals surface area (Å²) in [6.45, 7) is 7.29. The van der Waals surface area contributed by atoms with Crippen molar-refractivity contribution in [2.45, 2.75) is 33.8 Å². The number of rotatable bonds is 6. The van der Waals surface area contributed by atoms with Gasteiger partial charge in [0.15, 0.2) is 5.78 Å². The highest BCUT2D eigenvalue weighted by atomic mass is 16.5. The molecule has 0 spiro atoms. The Kier molecular flexibility index (Phi) is 6.17. The first kappa shape index (κ1) is 14.1. The first-order valence-electron chi connectivity index (χ1n) is 5.18. The van der Waals surface area contributed by atoms with E-state index in [-0.39, 0.29) is 18.3 Å². The van der Waals surface area contributed by atoms with Crippen LogP contribution in [0.1, 0.15) is 27.7 Å². The van der Waals surface area contributed by atoms with Crippen LogP contribution in [0, 0.1) is 11.8 Å². The van der Waals surface area contributed by atoms with Crippen molar-refractivity contribution >= 4 is 11.8 Å². The molecule has 0 aromatic rings. The Bertz CT molecular complexity index is 223. The Balaban J connectivity index is 4.66. The monoisotopic (exact) mass is 216 g/mol. The number of esters is 1. The van der Waals surface area contributed by atoms with E-state index < -0.39 is 18.0 Å². The number of carbonyl (C=O) groups is 2. The lowest BCUT2D eigenvalue weighted by Crippen LogP contribution is -2.37. The van der Waals surface area contributed by atoms with Crippen LogP contribution in [-0.2, 0) is 19.1 Å². The Morgan fingerprint density at radius 1 is 1.20 bits per heavy atom. The summed E-state index contributed by atoms with van der Waals surface area (Å²) >= 11 is 0. The van der Waals surface area contributed by atoms with Crippen molar-refractivity contribution in [1.82, 2.24) is 0 Å². The number of Topliss-reactive ketones (excluding diaryl/α,β-unsaturated/α-hetero) is 1. The van der Waals surface area contributed by atoms with E-state index in [1.165, 1.54) is 7.11 Å². The highest BCUT2D eigenvalue weighted by molar-refractivity contribution is 6.01. The molecule has 0 N–H and O–H groups in total. The van der Waals surface area contributed by atoms with Gasteiger partial charge in [-0.2, -0.15) is 0 Å². The van der Waals surface area contributed by atoms with E-state index in [1.54, 1.807) is 13.8 Å². The van der Waals surface area contributed by atoms with Crippen LogP contribution in [0.4, 0.5) is 0 Å². The van der Waals surface area contributed by atoms with Gasteiger partial charge in [0.1, 0.15) is 12.0 Å². The molecule has 4 heteroatoms. The average molecular weight is 216 g/mol. The molecule has 0 aliphatic carbocycles. The standard InChI is InChI=1S/C11H20O4/c1-6-15-11(13)9(7(2)3)10(12)8(4)14-5/h7-9H,6H2,1-5H3. The SMILES string of the molecule is CCOC(=O)C(C(=O)C(C)OC)C(C)C. The maximum Gasteiger partial charge on any atom is 0.316 e. The molecule has 0 fully saturated rings. The molecule has 2 atom stereocenters. The van der Waals surface area contributed by atoms with Crippen LogP contribution < -0.4 is 0 Å². The molecule has 15 heavy (non-hydrogen) atoms. The molecule has 0 aliphatic heterocycles. The van der Waals surface area contributed by atoms with Crippen molar-refractivity contribution in [3.05, 3.63) is 0 Å². The second-order valence-electron chi connectivity index (χ2n) is 3.75. The van der Waals surface area contributed by atoms with Crippen molar-refractivity contribution in [3.63, 3.8) is 0 Å². The van der Waals surface area contributed by atoms with Crippen LogP contribution in [0.25, 0.3) is 0 Å². The van der Waals surface area contributed by atoms with Gasteiger partial charge in [-0.25, -0.2) is 0 Å². The smallest absolute Gasteiger partial charge is 0.316 e. The molecule has 0 rings (SSSR count). The zero-order valence-electron chi connectivity index (χ0n) is 10.1. The Morgan fingerprint density at radius 2 is 1.73 bits per heavy atom. The minimum Gasteiger partial charge on any atom is -0.465 e. The van der Waals surface area contributed by atoms with Gasteiger partial charge in [0.2, 0.25) is 0 Å². The van der Waals surface area contributed by atoms with Gasteiger partial charge in [-0.05, 0) is 19.8 Å². The van der Waals surface area contributed by atoms with Gasteiger partial charge in [0.05, 0.1) is 6.61 Å². The van der Waals surface area contributed by atoms with Gasteiger partial charge < -0.3 is 9.47 Å². The van der Waals surface area contributed by atoms with Crippen LogP contribution in [0.5, 0.6) is 0 Å². The number of hydrogen-bond donors (Lipinski definition) is 0. The summed E-state index contributed by atoms with van der Waals surface area (Å²) in [6, 6.07) is 0. The van der Waals surface area contributed by atoms with Crippen LogP contribution in [-0.4, -0.2) is 31.6 Å². The lowest BCUT2D eigenvalue weighted by Gasteiger charge is -2.20. The minimum absolute atomic E-state index is 0.0749. The van der Waals surface area contributed by atoms with Crippen molar-refractivity contribution in [1.29, 1.82) is 0 Å². The van der Waals surface area contributed by atoms with Crippen LogP contribution in [0.2, 0.25) is 0 Å². The molecule has 0 radical (unpaired) electrons. The molecule has 0 saturated heterocycles. The predicted molar refractivity (Wildman–Crippen MR) is 56.4 cm³/mol. The topological polar surface area (TPSA) is 52.6 Å². The second kappa shape index (κ2) is 6.56. The fraction of sp³-hybridized carbons (Fsp3) is 0.818. The largest absolute Gasteiger partial charge is 0.465 e. The quantitative estimate of drug-likeness (QED) is 0.498. The maximum atomic E-state index is 11.8. The number of carbonyl (C=O) groups excluding carboxylic acids is 2. The summed E-state index contributed by atoms with van der Waals surface area (Å²) < 4.78 is 9.78. The lowest BCUT2D eigenvalue weighted by atomic mass is 9.89. The maximum absolute atomic E-state index is 11.8. The van der Waals surface area contributed by atoms with E-state index in [0.29, 0.717) is 0 Å². The molecule has 0 bridgehead atoms. The van der Waals surface area contributed by atoms with Gasteiger partial charge in [-0.1, -0.05) is 13.8 Å². The van der Waals surface area contributed by atoms with Gasteiger partial charge in [0, 0.05) is 7.11 Å². The Labute approximate surface area is 90.9 Å². The number of methoxy groups -OCH3 is 1. The Morgan fingerprint density at radius 3 is 2.07 bits per heavy atom. The predicted octanol–water partition coefficient (Wildman–Crippen LogP) is 1.43. The first-order chi connectivity index (χ1) is 6.95. The second-order valence-corrected chi connectivity index (χ2v) is 3.75. The van der Waals surface area contributed by atoms with Gasteiger partial charge >= 0.3 is 5.97 Å². The summed E-state index contributed by atoms with van der Waals surface area (Å²) in [4.78, 5) is 23.4. The summed E-state index contributed by atoms with van der Waals surface area (Å²) in [5.41, 5.74) is 0. The summed E-state index contributed by atoms with van der Waals surface area (Å²) in [7, 11) is 1.45. The van der Waals surface area contributed by atoms with Crippen molar-refractivity contribution in [2.24, 2.45) is 11.8 Å². The van der Waals surface area contributed by atoms with Crippen LogP contribution in [0.3, 0.4) is 0 Å². The molecule has 0 heterocycles. The van der Waals surface area contributed by atoms with E-state index in [0.717, 1.165) is 0 Å². The van der Waals surface area contributed by atoms with E-state index in [1.807, 2.05) is 13.8 Å². The lowest BCUT2D eigenvalue weighted by molar-refractivity contribution is -0.156. The third-order valence-corrected chi connectivity index (χ3v) is 2.27. The third-order valence-electron chi connectivity index (χ3n) is 2.27. The molecule has 88 valence electrons. The summed E-state index contributed by atoms with van der Waals surface area (Å²) in [5, 5.41) is 0. The highest BCUT2D eigenvalue weighted by Gasteiger charge is 2.33. The molecule has 0 aromatic heterocycles. The van der Waals surface area contributed by atoms with Crippen molar-refractivity contribution < 1.29 is 19.1 Å². The molecule has 0 saturated carbocycles. The number of ether oxygens (including phenoxy) is 2. The molecule has 0 aliphatic rings. The van der Waals surface area contributed by atoms with Crippen LogP contribution >= 0.6 is 0 Å². The summed E-state index contributed by atoms with van der Waals surface area (Å²) in [6.07, 6.45) is -0.568. The van der Waals surface area contributed by atoms with E-state index in [9.17, 15) is 9.59 Å². The van der Waals surface area contributed by atoms with E-state index in [4.69, 9.17) is 9.47 Å². The summed E-state index contributed by atoms with van der Waals surface area (Å²) in [5.74, 6) is -1.47. The van der Waals surface area contributed by atoms with E-state index in [2.05, 4.69) is 0 Å². The highest BCUT2D eigenvalue weighted by Crippen LogP contribution is 2.17. The molecule has 0 aromatic carbocycles. The molecule has 4 nitrogen and oxygen atoms in total. The van der Waals surface area contributed by atoms with Crippen molar-refractivity contribution in [2.75, 3.05) is 13.7 Å². The normalized spacial score (nSPS) is 14.8. The number of hydrogen-bond acceptors (Lipinski definition) is 4. The first-order valence-corrected chi connectivity index (χ1v) is 5.18. The van der Waals surface area contributed by atoms with Crippen molar-refractivity contribution in [3.8, 4) is 0 Å². The molecule has 2 unspecified atom stereocenters.